The molecule has 36 heavy (non-hydrogen) atoms. The second-order valence-corrected chi connectivity index (χ2v) is 11.0. The van der Waals surface area contributed by atoms with Gasteiger partial charge in [-0.25, -0.2) is 0 Å². The van der Waals surface area contributed by atoms with E-state index in [1.54, 1.807) is 37.5 Å². The number of fused-ring (bicyclic) bond motifs is 1. The van der Waals surface area contributed by atoms with Crippen LogP contribution in [0.1, 0.15) is 49.7 Å². The van der Waals surface area contributed by atoms with Gasteiger partial charge in [-0.15, -0.1) is 0 Å². The van der Waals surface area contributed by atoms with Crippen LogP contribution in [-0.4, -0.2) is 71.4 Å². The minimum Gasteiger partial charge on any atom is -0.508 e. The second kappa shape index (κ2) is 9.91. The minimum absolute atomic E-state index is 0.0211. The van der Waals surface area contributed by atoms with Crippen molar-refractivity contribution in [3.63, 3.8) is 0 Å². The molecule has 2 aromatic carbocycles. The summed E-state index contributed by atoms with van der Waals surface area (Å²) in [6, 6.07) is 15.0. The molecule has 0 radical (unpaired) electrons. The maximum absolute atomic E-state index is 13.1. The highest BCUT2D eigenvalue weighted by Gasteiger charge is 2.58. The molecule has 0 aromatic heterocycles. The average molecular weight is 491 g/mol. The molecular weight excluding hydrogens is 452 g/mol. The van der Waals surface area contributed by atoms with Crippen molar-refractivity contribution in [1.29, 1.82) is 0 Å². The lowest BCUT2D eigenvalue weighted by atomic mass is 9.55. The van der Waals surface area contributed by atoms with E-state index in [4.69, 9.17) is 4.74 Å². The second-order valence-electron chi connectivity index (χ2n) is 11.0. The van der Waals surface area contributed by atoms with Crippen LogP contribution < -0.4 is 4.74 Å². The Labute approximate surface area is 214 Å². The molecule has 192 valence electrons. The molecule has 6 nitrogen and oxygen atoms in total. The molecule has 3 fully saturated rings. The number of aliphatic hydroxyl groups is 1. The average Bonchev–Trinajstić information content (AvgIpc) is 3.70. The normalized spacial score (nSPS) is 28.6. The molecule has 1 saturated heterocycles. The number of aromatic hydroxyl groups is 1. The fourth-order valence-electron chi connectivity index (χ4n) is 6.40. The minimum atomic E-state index is -0.843. The van der Waals surface area contributed by atoms with E-state index in [1.165, 1.54) is 12.8 Å². The third-order valence-corrected chi connectivity index (χ3v) is 8.73. The molecule has 2 aliphatic carbocycles. The summed E-state index contributed by atoms with van der Waals surface area (Å²) in [5.41, 5.74) is 0.611. The summed E-state index contributed by atoms with van der Waals surface area (Å²) >= 11 is 0. The smallest absolute Gasteiger partial charge is 0.246 e. The number of piperidine rings is 1. The number of phenols is 1. The van der Waals surface area contributed by atoms with Gasteiger partial charge < -0.3 is 24.7 Å². The number of carbonyl (C=O) groups excluding carboxylic acids is 1. The van der Waals surface area contributed by atoms with Crippen molar-refractivity contribution in [1.82, 2.24) is 9.80 Å². The number of rotatable bonds is 7. The summed E-state index contributed by atoms with van der Waals surface area (Å²) in [4.78, 5) is 17.4. The molecule has 5 rings (SSSR count). The zero-order valence-electron chi connectivity index (χ0n) is 21.4. The Balaban J connectivity index is 1.39. The van der Waals surface area contributed by atoms with Crippen molar-refractivity contribution in [3.8, 4) is 11.5 Å². The Kier molecular flexibility index (Phi) is 6.84. The summed E-state index contributed by atoms with van der Waals surface area (Å²) in [7, 11) is 3.54. The number of nitrogens with zero attached hydrogens (tertiary/aromatic N) is 2. The van der Waals surface area contributed by atoms with Gasteiger partial charge in [-0.2, -0.15) is 0 Å². The number of β-amino-alcohol motifs (C(OH)–C–C–N with tert-alkyl or cyclic N) is 1. The van der Waals surface area contributed by atoms with E-state index in [0.717, 1.165) is 55.1 Å². The SMILES string of the molecule is COc1cccc([C@@]23CCN(CC4CC4)C[C@@]2(O)CC[C@H](N(C)C(=O)C=Cc2cccc(O)c2)C3)c1. The molecule has 2 N–H and O–H groups in total. The molecule has 0 spiro atoms. The van der Waals surface area contributed by atoms with Crippen LogP contribution in [0.15, 0.2) is 54.6 Å². The molecule has 1 heterocycles. The number of carbonyl (C=O) groups is 1. The monoisotopic (exact) mass is 490 g/mol. The van der Waals surface area contributed by atoms with E-state index in [1.807, 2.05) is 30.1 Å². The molecule has 6 heteroatoms. The maximum Gasteiger partial charge on any atom is 0.246 e. The summed E-state index contributed by atoms with van der Waals surface area (Å²) in [6.45, 7) is 2.72. The van der Waals surface area contributed by atoms with Gasteiger partial charge in [-0.05, 0) is 92.5 Å². The number of benzene rings is 2. The summed E-state index contributed by atoms with van der Waals surface area (Å²) in [5, 5.41) is 22.0. The van der Waals surface area contributed by atoms with Crippen LogP contribution in [0, 0.1) is 5.92 Å². The van der Waals surface area contributed by atoms with Crippen LogP contribution in [-0.2, 0) is 10.2 Å². The van der Waals surface area contributed by atoms with Gasteiger partial charge in [-0.1, -0.05) is 24.3 Å². The van der Waals surface area contributed by atoms with Crippen molar-refractivity contribution in [2.45, 2.75) is 55.6 Å². The quantitative estimate of drug-likeness (QED) is 0.569. The first kappa shape index (κ1) is 24.8. The number of likely N-dealkylation sites (N-methyl/N-ethyl adjacent to an activating group) is 1. The van der Waals surface area contributed by atoms with Crippen LogP contribution in [0.5, 0.6) is 11.5 Å². The lowest BCUT2D eigenvalue weighted by molar-refractivity contribution is -0.144. The first-order valence-electron chi connectivity index (χ1n) is 13.2. The van der Waals surface area contributed by atoms with Gasteiger partial charge in [0.05, 0.1) is 12.7 Å². The Morgan fingerprint density at radius 3 is 2.72 bits per heavy atom. The highest BCUT2D eigenvalue weighted by atomic mass is 16.5. The fraction of sp³-hybridized carbons (Fsp3) is 0.500. The van der Waals surface area contributed by atoms with Gasteiger partial charge in [0, 0.05) is 37.7 Å². The number of amides is 1. The van der Waals surface area contributed by atoms with Crippen molar-refractivity contribution in [2.75, 3.05) is 33.8 Å². The van der Waals surface area contributed by atoms with Crippen LogP contribution in [0.25, 0.3) is 6.08 Å². The summed E-state index contributed by atoms with van der Waals surface area (Å²) in [5.74, 6) is 1.69. The Bertz CT molecular complexity index is 1130. The van der Waals surface area contributed by atoms with E-state index >= 15 is 0 Å². The van der Waals surface area contributed by atoms with E-state index < -0.39 is 11.0 Å². The van der Waals surface area contributed by atoms with E-state index in [0.29, 0.717) is 13.0 Å². The van der Waals surface area contributed by atoms with Gasteiger partial charge in [0.1, 0.15) is 11.5 Å². The predicted octanol–water partition coefficient (Wildman–Crippen LogP) is 4.21. The third-order valence-electron chi connectivity index (χ3n) is 8.73. The molecule has 1 amide bonds. The van der Waals surface area contributed by atoms with Crippen molar-refractivity contribution in [2.24, 2.45) is 5.92 Å². The fourth-order valence-corrected chi connectivity index (χ4v) is 6.40. The van der Waals surface area contributed by atoms with Gasteiger partial charge in [0.2, 0.25) is 5.91 Å². The number of hydrogen-bond acceptors (Lipinski definition) is 5. The molecule has 3 atom stereocenters. The zero-order valence-corrected chi connectivity index (χ0v) is 21.4. The van der Waals surface area contributed by atoms with Crippen molar-refractivity contribution in [3.05, 3.63) is 65.7 Å². The maximum atomic E-state index is 13.1. The summed E-state index contributed by atoms with van der Waals surface area (Å²) < 4.78 is 5.55. The third kappa shape index (κ3) is 4.89. The number of ether oxygens (including phenoxy) is 1. The van der Waals surface area contributed by atoms with Crippen LogP contribution in [0.4, 0.5) is 0 Å². The first-order valence-corrected chi connectivity index (χ1v) is 13.2. The van der Waals surface area contributed by atoms with Gasteiger partial charge in [-0.3, -0.25) is 4.79 Å². The van der Waals surface area contributed by atoms with Gasteiger partial charge in [0.15, 0.2) is 0 Å². The standard InChI is InChI=1S/C30H38N2O4/c1-31(28(34)12-11-22-5-3-7-26(33)17-22)25-13-14-30(35)21-32(20-23-9-10-23)16-15-29(30,19-25)24-6-4-8-27(18-24)36-2/h3-8,11-12,17-18,23,25,33,35H,9-10,13-16,19-21H2,1-2H3/t25-,29-,30-/m0/s1. The molecular formula is C30H38N2O4. The zero-order chi connectivity index (χ0) is 25.3. The Hall–Kier alpha value is -2.83. The molecule has 0 unspecified atom stereocenters. The van der Waals surface area contributed by atoms with E-state index in [9.17, 15) is 15.0 Å². The lowest BCUT2D eigenvalue weighted by Crippen LogP contribution is -2.67. The van der Waals surface area contributed by atoms with Crippen LogP contribution >= 0.6 is 0 Å². The Morgan fingerprint density at radius 1 is 1.17 bits per heavy atom. The molecule has 3 aliphatic rings. The van der Waals surface area contributed by atoms with Crippen LogP contribution in [0.3, 0.4) is 0 Å². The molecule has 2 saturated carbocycles. The predicted molar refractivity (Wildman–Crippen MR) is 141 cm³/mol. The number of likely N-dealkylation sites (tertiary alicyclic amines) is 1. The largest absolute Gasteiger partial charge is 0.508 e. The lowest BCUT2D eigenvalue weighted by Gasteiger charge is -2.59. The number of phenolic OH excluding ortho intramolecular Hbond substituents is 1. The van der Waals surface area contributed by atoms with Crippen molar-refractivity contribution >= 4 is 12.0 Å². The number of methoxy groups -OCH3 is 1. The van der Waals surface area contributed by atoms with Crippen LogP contribution in [0.2, 0.25) is 0 Å². The van der Waals surface area contributed by atoms with Gasteiger partial charge >= 0.3 is 0 Å². The van der Waals surface area contributed by atoms with Gasteiger partial charge in [0.25, 0.3) is 0 Å². The first-order chi connectivity index (χ1) is 17.3. The van der Waals surface area contributed by atoms with E-state index in [-0.39, 0.29) is 17.7 Å². The van der Waals surface area contributed by atoms with Crippen molar-refractivity contribution < 1.29 is 19.7 Å². The highest BCUT2D eigenvalue weighted by Crippen LogP contribution is 2.53. The Morgan fingerprint density at radius 2 is 1.97 bits per heavy atom. The molecule has 1 aliphatic heterocycles. The number of hydrogen-bond donors (Lipinski definition) is 2. The summed E-state index contributed by atoms with van der Waals surface area (Å²) in [6.07, 6.45) is 8.93. The molecule has 2 aromatic rings. The topological polar surface area (TPSA) is 73.2 Å². The van der Waals surface area contributed by atoms with E-state index in [2.05, 4.69) is 17.0 Å². The molecule has 0 bridgehead atoms. The highest BCUT2D eigenvalue weighted by molar-refractivity contribution is 5.91.